The van der Waals surface area contributed by atoms with E-state index >= 15 is 0 Å². The maximum atomic E-state index is 13.0. The number of halogens is 2. The molecule has 2 N–H and O–H groups in total. The molecule has 1 nitrogen and oxygen atoms in total. The van der Waals surface area contributed by atoms with E-state index in [1.165, 1.54) is 6.07 Å². The van der Waals surface area contributed by atoms with E-state index in [4.69, 9.17) is 5.73 Å². The van der Waals surface area contributed by atoms with Crippen LogP contribution >= 0.6 is 27.3 Å². The van der Waals surface area contributed by atoms with Crippen LogP contribution in [0.25, 0.3) is 10.4 Å². The van der Waals surface area contributed by atoms with Gasteiger partial charge in [0, 0.05) is 16.3 Å². The molecule has 4 heteroatoms. The molecule has 78 valence electrons. The Kier molecular flexibility index (Phi) is 3.19. The van der Waals surface area contributed by atoms with E-state index in [2.05, 4.69) is 15.9 Å². The largest absolute Gasteiger partial charge is 0.326 e. The van der Waals surface area contributed by atoms with Crippen molar-refractivity contribution in [3.8, 4) is 10.4 Å². The van der Waals surface area contributed by atoms with Crippen molar-refractivity contribution >= 4 is 27.3 Å². The fraction of sp³-hybridized carbons (Fsp3) is 0.0909. The summed E-state index contributed by atoms with van der Waals surface area (Å²) in [5.41, 5.74) is 6.54. The van der Waals surface area contributed by atoms with Gasteiger partial charge in [0.25, 0.3) is 0 Å². The highest BCUT2D eigenvalue weighted by Crippen LogP contribution is 2.30. The third kappa shape index (κ3) is 2.27. The standard InChI is InChI=1S/C11H9BrFNS/c12-9-5-7(1-3-10(9)13)11-4-2-8(6-14)15-11/h1-5H,6,14H2. The van der Waals surface area contributed by atoms with Crippen LogP contribution in [0.4, 0.5) is 4.39 Å². The summed E-state index contributed by atoms with van der Waals surface area (Å²) in [4.78, 5) is 2.24. The van der Waals surface area contributed by atoms with Crippen molar-refractivity contribution in [2.24, 2.45) is 5.73 Å². The topological polar surface area (TPSA) is 26.0 Å². The van der Waals surface area contributed by atoms with E-state index in [0.717, 1.165) is 15.3 Å². The van der Waals surface area contributed by atoms with Crippen LogP contribution in [-0.4, -0.2) is 0 Å². The second kappa shape index (κ2) is 4.43. The first-order valence-corrected chi connectivity index (χ1v) is 6.06. The van der Waals surface area contributed by atoms with E-state index in [0.29, 0.717) is 11.0 Å². The lowest BCUT2D eigenvalue weighted by Gasteiger charge is -1.99. The van der Waals surface area contributed by atoms with Crippen molar-refractivity contribution in [1.29, 1.82) is 0 Å². The molecule has 1 aromatic heterocycles. The van der Waals surface area contributed by atoms with Crippen molar-refractivity contribution in [2.75, 3.05) is 0 Å². The molecule has 0 aliphatic heterocycles. The van der Waals surface area contributed by atoms with Gasteiger partial charge >= 0.3 is 0 Å². The van der Waals surface area contributed by atoms with Crippen LogP contribution < -0.4 is 5.73 Å². The van der Waals surface area contributed by atoms with E-state index in [1.807, 2.05) is 12.1 Å². The van der Waals surface area contributed by atoms with Crippen LogP contribution in [0.1, 0.15) is 4.88 Å². The summed E-state index contributed by atoms with van der Waals surface area (Å²) < 4.78 is 13.5. The molecular weight excluding hydrogens is 277 g/mol. The van der Waals surface area contributed by atoms with Crippen LogP contribution in [0, 0.1) is 5.82 Å². The first kappa shape index (κ1) is 10.8. The van der Waals surface area contributed by atoms with Crippen LogP contribution in [0.2, 0.25) is 0 Å². The van der Waals surface area contributed by atoms with Crippen molar-refractivity contribution in [1.82, 2.24) is 0 Å². The Morgan fingerprint density at radius 2 is 2.07 bits per heavy atom. The Hall–Kier alpha value is -0.710. The number of benzene rings is 1. The van der Waals surface area contributed by atoms with Gasteiger partial charge in [0.15, 0.2) is 0 Å². The van der Waals surface area contributed by atoms with Gasteiger partial charge in [0.2, 0.25) is 0 Å². The molecule has 0 amide bonds. The van der Waals surface area contributed by atoms with Gasteiger partial charge in [-0.1, -0.05) is 6.07 Å². The molecule has 2 rings (SSSR count). The van der Waals surface area contributed by atoms with Crippen molar-refractivity contribution < 1.29 is 4.39 Å². The number of hydrogen-bond donors (Lipinski definition) is 1. The summed E-state index contributed by atoms with van der Waals surface area (Å²) in [6.07, 6.45) is 0. The number of rotatable bonds is 2. The Balaban J connectivity index is 2.40. The lowest BCUT2D eigenvalue weighted by atomic mass is 10.2. The maximum absolute atomic E-state index is 13.0. The van der Waals surface area contributed by atoms with Gasteiger partial charge in [0.05, 0.1) is 4.47 Å². The number of hydrogen-bond acceptors (Lipinski definition) is 2. The van der Waals surface area contributed by atoms with E-state index in [-0.39, 0.29) is 5.82 Å². The normalized spacial score (nSPS) is 10.6. The quantitative estimate of drug-likeness (QED) is 0.893. The second-order valence-corrected chi connectivity index (χ2v) is 5.12. The highest BCUT2D eigenvalue weighted by atomic mass is 79.9. The summed E-state index contributed by atoms with van der Waals surface area (Å²) in [6.45, 7) is 0.549. The zero-order valence-corrected chi connectivity index (χ0v) is 10.2. The fourth-order valence-electron chi connectivity index (χ4n) is 1.29. The number of nitrogens with two attached hydrogens (primary N) is 1. The zero-order valence-electron chi connectivity index (χ0n) is 7.84. The van der Waals surface area contributed by atoms with Crippen LogP contribution in [0.15, 0.2) is 34.8 Å². The highest BCUT2D eigenvalue weighted by Gasteiger charge is 2.05. The van der Waals surface area contributed by atoms with Gasteiger partial charge in [-0.2, -0.15) is 0 Å². The smallest absolute Gasteiger partial charge is 0.137 e. The number of thiophene rings is 1. The molecule has 2 aromatic rings. The van der Waals surface area contributed by atoms with Gasteiger partial charge in [-0.05, 0) is 45.8 Å². The van der Waals surface area contributed by atoms with Crippen LogP contribution in [0.5, 0.6) is 0 Å². The zero-order chi connectivity index (χ0) is 10.8. The average molecular weight is 286 g/mol. The summed E-state index contributed by atoms with van der Waals surface area (Å²) in [5.74, 6) is -0.241. The maximum Gasteiger partial charge on any atom is 0.137 e. The summed E-state index contributed by atoms with van der Waals surface area (Å²) in [6, 6.07) is 9.01. The predicted octanol–water partition coefficient (Wildman–Crippen LogP) is 3.78. The molecule has 1 heterocycles. The van der Waals surface area contributed by atoms with Crippen molar-refractivity contribution in [3.63, 3.8) is 0 Å². The fourth-order valence-corrected chi connectivity index (χ4v) is 2.55. The van der Waals surface area contributed by atoms with Gasteiger partial charge in [0.1, 0.15) is 5.82 Å². The first-order valence-electron chi connectivity index (χ1n) is 4.45. The molecule has 0 unspecified atom stereocenters. The third-order valence-electron chi connectivity index (χ3n) is 2.07. The Morgan fingerprint density at radius 1 is 1.27 bits per heavy atom. The summed E-state index contributed by atoms with van der Waals surface area (Å²) >= 11 is 4.80. The molecule has 1 aromatic carbocycles. The van der Waals surface area contributed by atoms with Gasteiger partial charge in [-0.15, -0.1) is 11.3 Å². The van der Waals surface area contributed by atoms with E-state index in [9.17, 15) is 4.39 Å². The van der Waals surface area contributed by atoms with Gasteiger partial charge in [-0.25, -0.2) is 4.39 Å². The average Bonchev–Trinajstić information content (AvgIpc) is 2.70. The first-order chi connectivity index (χ1) is 7.20. The molecule has 0 fully saturated rings. The molecule has 0 aliphatic rings. The predicted molar refractivity (Wildman–Crippen MR) is 65.3 cm³/mol. The lowest BCUT2D eigenvalue weighted by Crippen LogP contribution is -1.90. The minimum absolute atomic E-state index is 0.241. The Labute approximate surface area is 99.9 Å². The van der Waals surface area contributed by atoms with Crippen molar-refractivity contribution in [2.45, 2.75) is 6.54 Å². The minimum Gasteiger partial charge on any atom is -0.326 e. The molecule has 0 bridgehead atoms. The Bertz CT molecular complexity index is 481. The molecular formula is C11H9BrFNS. The second-order valence-electron chi connectivity index (χ2n) is 3.10. The summed E-state index contributed by atoms with van der Waals surface area (Å²) in [5, 5.41) is 0. The van der Waals surface area contributed by atoms with E-state index < -0.39 is 0 Å². The monoisotopic (exact) mass is 285 g/mol. The summed E-state index contributed by atoms with van der Waals surface area (Å²) in [7, 11) is 0. The van der Waals surface area contributed by atoms with E-state index in [1.54, 1.807) is 23.5 Å². The molecule has 15 heavy (non-hydrogen) atoms. The highest BCUT2D eigenvalue weighted by molar-refractivity contribution is 9.10. The van der Waals surface area contributed by atoms with Gasteiger partial charge < -0.3 is 5.73 Å². The molecule has 0 aliphatic carbocycles. The molecule has 0 radical (unpaired) electrons. The lowest BCUT2D eigenvalue weighted by molar-refractivity contribution is 0.621. The van der Waals surface area contributed by atoms with Crippen LogP contribution in [0.3, 0.4) is 0 Å². The third-order valence-corrected chi connectivity index (χ3v) is 3.83. The Morgan fingerprint density at radius 3 is 2.67 bits per heavy atom. The van der Waals surface area contributed by atoms with Gasteiger partial charge in [-0.3, -0.25) is 0 Å². The molecule has 0 saturated heterocycles. The van der Waals surface area contributed by atoms with Crippen LogP contribution in [-0.2, 0) is 6.54 Å². The SMILES string of the molecule is NCc1ccc(-c2ccc(F)c(Br)c2)s1. The minimum atomic E-state index is -0.241. The molecule has 0 saturated carbocycles. The van der Waals surface area contributed by atoms with Crippen molar-refractivity contribution in [3.05, 3.63) is 45.5 Å². The molecule has 0 spiro atoms. The molecule has 0 atom stereocenters.